The monoisotopic (exact) mass is 262 g/mol. The average Bonchev–Trinajstić information content (AvgIpc) is 2.30. The third-order valence-electron chi connectivity index (χ3n) is 2.67. The van der Waals surface area contributed by atoms with Crippen LogP contribution in [-0.2, 0) is 0 Å². The summed E-state index contributed by atoms with van der Waals surface area (Å²) >= 11 is 0. The molecule has 0 fully saturated rings. The number of nitrogen functional groups attached to an aromatic ring is 1. The fourth-order valence-corrected chi connectivity index (χ4v) is 1.59. The number of hydrogen-bond donors (Lipinski definition) is 2. The van der Waals surface area contributed by atoms with Crippen molar-refractivity contribution in [1.82, 2.24) is 0 Å². The SMILES string of the molecule is CCC(CC)Nc1cc(OC(F)F)c(F)cc1N. The van der Waals surface area contributed by atoms with Gasteiger partial charge in [-0.2, -0.15) is 8.78 Å². The summed E-state index contributed by atoms with van der Waals surface area (Å²) in [4.78, 5) is 0. The summed E-state index contributed by atoms with van der Waals surface area (Å²) < 4.78 is 41.6. The van der Waals surface area contributed by atoms with Gasteiger partial charge in [0.2, 0.25) is 0 Å². The van der Waals surface area contributed by atoms with Gasteiger partial charge in [-0.25, -0.2) is 4.39 Å². The average molecular weight is 262 g/mol. The number of nitrogens with two attached hydrogens (primary N) is 1. The van der Waals surface area contributed by atoms with E-state index in [0.29, 0.717) is 5.69 Å². The minimum Gasteiger partial charge on any atom is -0.432 e. The standard InChI is InChI=1S/C12H17F3N2O/c1-3-7(4-2)17-10-6-11(18-12(14)15)8(13)5-9(10)16/h5-7,12,17H,3-4,16H2,1-2H3. The van der Waals surface area contributed by atoms with E-state index in [1.54, 1.807) is 0 Å². The van der Waals surface area contributed by atoms with E-state index in [0.717, 1.165) is 25.0 Å². The Labute approximate surface area is 104 Å². The van der Waals surface area contributed by atoms with E-state index >= 15 is 0 Å². The Morgan fingerprint density at radius 2 is 1.89 bits per heavy atom. The third kappa shape index (κ3) is 3.72. The lowest BCUT2D eigenvalue weighted by atomic mass is 10.1. The van der Waals surface area contributed by atoms with Crippen molar-refractivity contribution in [2.75, 3.05) is 11.1 Å². The molecule has 3 N–H and O–H groups in total. The van der Waals surface area contributed by atoms with Crippen LogP contribution in [0.25, 0.3) is 0 Å². The molecule has 0 unspecified atom stereocenters. The molecule has 0 saturated heterocycles. The number of anilines is 2. The molecule has 0 aliphatic heterocycles. The summed E-state index contributed by atoms with van der Waals surface area (Å²) in [5.74, 6) is -1.41. The number of halogens is 3. The third-order valence-corrected chi connectivity index (χ3v) is 2.67. The van der Waals surface area contributed by atoms with Crippen molar-refractivity contribution in [3.05, 3.63) is 17.9 Å². The number of nitrogens with one attached hydrogen (secondary N) is 1. The molecule has 0 aliphatic carbocycles. The number of rotatable bonds is 6. The van der Waals surface area contributed by atoms with Crippen LogP contribution in [0.1, 0.15) is 26.7 Å². The lowest BCUT2D eigenvalue weighted by molar-refractivity contribution is -0.0521. The summed E-state index contributed by atoms with van der Waals surface area (Å²) in [6, 6.07) is 2.29. The minimum atomic E-state index is -3.07. The predicted molar refractivity (Wildman–Crippen MR) is 65.4 cm³/mol. The first-order chi connectivity index (χ1) is 8.47. The summed E-state index contributed by atoms with van der Waals surface area (Å²) in [6.45, 7) is 0.902. The number of ether oxygens (including phenoxy) is 1. The molecular formula is C12H17F3N2O. The molecule has 1 aromatic rings. The van der Waals surface area contributed by atoms with Gasteiger partial charge >= 0.3 is 6.61 Å². The van der Waals surface area contributed by atoms with Crippen molar-refractivity contribution < 1.29 is 17.9 Å². The molecule has 0 amide bonds. The van der Waals surface area contributed by atoms with Crippen molar-refractivity contribution in [2.24, 2.45) is 0 Å². The molecule has 102 valence electrons. The van der Waals surface area contributed by atoms with Crippen LogP contribution in [0.2, 0.25) is 0 Å². The lowest BCUT2D eigenvalue weighted by Gasteiger charge is -2.19. The first-order valence-corrected chi connectivity index (χ1v) is 5.78. The zero-order valence-corrected chi connectivity index (χ0v) is 10.3. The van der Waals surface area contributed by atoms with Crippen LogP contribution in [0.15, 0.2) is 12.1 Å². The van der Waals surface area contributed by atoms with Crippen molar-refractivity contribution in [3.63, 3.8) is 0 Å². The first kappa shape index (κ1) is 14.5. The number of alkyl halides is 2. The molecule has 1 aromatic carbocycles. The molecule has 0 aromatic heterocycles. The Morgan fingerprint density at radius 3 is 2.39 bits per heavy atom. The van der Waals surface area contributed by atoms with Gasteiger partial charge in [-0.3, -0.25) is 0 Å². The summed E-state index contributed by atoms with van der Waals surface area (Å²) in [6.07, 6.45) is 1.69. The van der Waals surface area contributed by atoms with E-state index in [4.69, 9.17) is 5.73 Å². The fourth-order valence-electron chi connectivity index (χ4n) is 1.59. The van der Waals surface area contributed by atoms with Crippen LogP contribution in [0.5, 0.6) is 5.75 Å². The Bertz CT molecular complexity index is 395. The van der Waals surface area contributed by atoms with Gasteiger partial charge in [-0.15, -0.1) is 0 Å². The topological polar surface area (TPSA) is 47.3 Å². The Kier molecular flexibility index (Phi) is 5.12. The molecular weight excluding hydrogens is 245 g/mol. The summed E-state index contributed by atoms with van der Waals surface area (Å²) in [7, 11) is 0. The molecule has 0 atom stereocenters. The van der Waals surface area contributed by atoms with Crippen LogP contribution in [0.4, 0.5) is 24.5 Å². The summed E-state index contributed by atoms with van der Waals surface area (Å²) in [5, 5.41) is 3.07. The van der Waals surface area contributed by atoms with Crippen molar-refractivity contribution in [1.29, 1.82) is 0 Å². The normalized spacial score (nSPS) is 11.1. The highest BCUT2D eigenvalue weighted by Crippen LogP contribution is 2.30. The smallest absolute Gasteiger partial charge is 0.387 e. The Balaban J connectivity index is 2.97. The van der Waals surface area contributed by atoms with Crippen molar-refractivity contribution >= 4 is 11.4 Å². The molecule has 0 saturated carbocycles. The second kappa shape index (κ2) is 6.37. The zero-order chi connectivity index (χ0) is 13.7. The maximum Gasteiger partial charge on any atom is 0.387 e. The van der Waals surface area contributed by atoms with Gasteiger partial charge in [0, 0.05) is 18.2 Å². The highest BCUT2D eigenvalue weighted by Gasteiger charge is 2.14. The first-order valence-electron chi connectivity index (χ1n) is 5.78. The molecule has 0 bridgehead atoms. The summed E-state index contributed by atoms with van der Waals surface area (Å²) in [5.41, 5.74) is 6.20. The van der Waals surface area contributed by atoms with Gasteiger partial charge in [0.15, 0.2) is 11.6 Å². The molecule has 0 aliphatic rings. The second-order valence-electron chi connectivity index (χ2n) is 3.91. The van der Waals surface area contributed by atoms with E-state index in [2.05, 4.69) is 10.1 Å². The highest BCUT2D eigenvalue weighted by atomic mass is 19.3. The molecule has 18 heavy (non-hydrogen) atoms. The largest absolute Gasteiger partial charge is 0.432 e. The maximum absolute atomic E-state index is 13.3. The molecule has 1 rings (SSSR count). The molecule has 0 radical (unpaired) electrons. The molecule has 3 nitrogen and oxygen atoms in total. The molecule has 0 heterocycles. The van der Waals surface area contributed by atoms with Crippen LogP contribution >= 0.6 is 0 Å². The fraction of sp³-hybridized carbons (Fsp3) is 0.500. The van der Waals surface area contributed by atoms with Gasteiger partial charge < -0.3 is 15.8 Å². The predicted octanol–water partition coefficient (Wildman–Crippen LogP) is 3.61. The quantitative estimate of drug-likeness (QED) is 0.770. The Hall–Kier alpha value is -1.59. The van der Waals surface area contributed by atoms with E-state index in [-0.39, 0.29) is 11.7 Å². The maximum atomic E-state index is 13.3. The number of benzene rings is 1. The van der Waals surface area contributed by atoms with E-state index in [9.17, 15) is 13.2 Å². The van der Waals surface area contributed by atoms with E-state index < -0.39 is 18.2 Å². The van der Waals surface area contributed by atoms with Gasteiger partial charge in [0.1, 0.15) is 0 Å². The van der Waals surface area contributed by atoms with Gasteiger partial charge in [0.05, 0.1) is 11.4 Å². The van der Waals surface area contributed by atoms with Crippen LogP contribution < -0.4 is 15.8 Å². The van der Waals surface area contributed by atoms with Gasteiger partial charge in [-0.1, -0.05) is 13.8 Å². The van der Waals surface area contributed by atoms with Crippen LogP contribution in [0.3, 0.4) is 0 Å². The molecule has 6 heteroatoms. The number of hydrogen-bond acceptors (Lipinski definition) is 3. The van der Waals surface area contributed by atoms with Crippen molar-refractivity contribution in [2.45, 2.75) is 39.3 Å². The zero-order valence-electron chi connectivity index (χ0n) is 10.3. The Morgan fingerprint density at radius 1 is 1.28 bits per heavy atom. The second-order valence-corrected chi connectivity index (χ2v) is 3.91. The van der Waals surface area contributed by atoms with Crippen LogP contribution in [-0.4, -0.2) is 12.7 Å². The van der Waals surface area contributed by atoms with Crippen LogP contribution in [0, 0.1) is 5.82 Å². The van der Waals surface area contributed by atoms with Gasteiger partial charge in [-0.05, 0) is 12.8 Å². The lowest BCUT2D eigenvalue weighted by Crippen LogP contribution is -2.18. The van der Waals surface area contributed by atoms with Crippen molar-refractivity contribution in [3.8, 4) is 5.75 Å². The molecule has 0 spiro atoms. The van der Waals surface area contributed by atoms with E-state index in [1.807, 2.05) is 13.8 Å². The van der Waals surface area contributed by atoms with Gasteiger partial charge in [0.25, 0.3) is 0 Å². The highest BCUT2D eigenvalue weighted by molar-refractivity contribution is 5.69. The van der Waals surface area contributed by atoms with E-state index in [1.165, 1.54) is 0 Å². The minimum absolute atomic E-state index is 0.150.